The van der Waals surface area contributed by atoms with Crippen LogP contribution in [-0.2, 0) is 0 Å². The van der Waals surface area contributed by atoms with Crippen LogP contribution in [0.15, 0.2) is 34.9 Å². The lowest BCUT2D eigenvalue weighted by Crippen LogP contribution is -2.34. The normalized spacial score (nSPS) is 16.0. The number of halogens is 1. The molecule has 0 unspecified atom stereocenters. The van der Waals surface area contributed by atoms with E-state index >= 15 is 0 Å². The van der Waals surface area contributed by atoms with Gasteiger partial charge in [0.2, 0.25) is 5.95 Å². The molecule has 21 heavy (non-hydrogen) atoms. The molecular formula is C15H18BrN5. The molecule has 0 aliphatic carbocycles. The molecule has 1 aromatic heterocycles. The van der Waals surface area contributed by atoms with Crippen molar-refractivity contribution in [2.24, 2.45) is 5.92 Å². The van der Waals surface area contributed by atoms with Crippen LogP contribution in [0.1, 0.15) is 19.8 Å². The van der Waals surface area contributed by atoms with Gasteiger partial charge in [0, 0.05) is 23.2 Å². The Balaban J connectivity index is 1.74. The van der Waals surface area contributed by atoms with Gasteiger partial charge < -0.3 is 10.2 Å². The Morgan fingerprint density at radius 2 is 2.10 bits per heavy atom. The minimum Gasteiger partial charge on any atom is -0.339 e. The lowest BCUT2D eigenvalue weighted by atomic mass is 10.00. The molecule has 1 aromatic carbocycles. The average molecular weight is 348 g/mol. The molecule has 3 rings (SSSR count). The summed E-state index contributed by atoms with van der Waals surface area (Å²) in [6.45, 7) is 4.30. The number of nitrogens with one attached hydrogen (secondary N) is 1. The second kappa shape index (κ2) is 6.39. The monoisotopic (exact) mass is 347 g/mol. The predicted molar refractivity (Wildman–Crippen MR) is 87.9 cm³/mol. The Morgan fingerprint density at radius 3 is 2.86 bits per heavy atom. The van der Waals surface area contributed by atoms with Crippen molar-refractivity contribution in [2.75, 3.05) is 23.3 Å². The molecule has 5 nitrogen and oxygen atoms in total. The second-order valence-electron chi connectivity index (χ2n) is 5.45. The third-order valence-electron chi connectivity index (χ3n) is 3.71. The zero-order valence-corrected chi connectivity index (χ0v) is 13.5. The van der Waals surface area contributed by atoms with Gasteiger partial charge >= 0.3 is 0 Å². The average Bonchev–Trinajstić information content (AvgIpc) is 2.48. The van der Waals surface area contributed by atoms with Gasteiger partial charge in [0.25, 0.3) is 0 Å². The number of nitrogens with zero attached hydrogens (tertiary/aromatic N) is 4. The fraction of sp³-hybridized carbons (Fsp3) is 0.400. The van der Waals surface area contributed by atoms with Gasteiger partial charge in [-0.1, -0.05) is 28.9 Å². The Morgan fingerprint density at radius 1 is 1.29 bits per heavy atom. The van der Waals surface area contributed by atoms with E-state index in [2.05, 4.69) is 48.3 Å². The van der Waals surface area contributed by atoms with E-state index in [4.69, 9.17) is 0 Å². The van der Waals surface area contributed by atoms with Gasteiger partial charge in [-0.3, -0.25) is 0 Å². The second-order valence-corrected chi connectivity index (χ2v) is 6.36. The third-order valence-corrected chi connectivity index (χ3v) is 4.20. The first-order valence-corrected chi connectivity index (χ1v) is 7.97. The molecule has 0 saturated carbocycles. The van der Waals surface area contributed by atoms with E-state index < -0.39 is 0 Å². The number of aromatic nitrogens is 3. The van der Waals surface area contributed by atoms with Crippen molar-refractivity contribution in [3.8, 4) is 0 Å². The number of piperidine rings is 1. The summed E-state index contributed by atoms with van der Waals surface area (Å²) in [6.07, 6.45) is 4.02. The molecule has 2 aromatic rings. The van der Waals surface area contributed by atoms with Gasteiger partial charge in [-0.2, -0.15) is 10.1 Å². The van der Waals surface area contributed by atoms with Crippen molar-refractivity contribution in [2.45, 2.75) is 19.8 Å². The van der Waals surface area contributed by atoms with E-state index in [1.165, 1.54) is 12.8 Å². The van der Waals surface area contributed by atoms with Crippen LogP contribution in [0.25, 0.3) is 0 Å². The van der Waals surface area contributed by atoms with Crippen molar-refractivity contribution < 1.29 is 0 Å². The van der Waals surface area contributed by atoms with E-state index in [0.717, 1.165) is 35.0 Å². The summed E-state index contributed by atoms with van der Waals surface area (Å²) in [7, 11) is 0. The quantitative estimate of drug-likeness (QED) is 0.918. The maximum Gasteiger partial charge on any atom is 0.247 e. The zero-order chi connectivity index (χ0) is 14.7. The molecule has 1 N–H and O–H groups in total. The van der Waals surface area contributed by atoms with Crippen LogP contribution in [0.3, 0.4) is 0 Å². The molecule has 1 saturated heterocycles. The summed E-state index contributed by atoms with van der Waals surface area (Å²) >= 11 is 3.46. The van der Waals surface area contributed by atoms with Crippen LogP contribution in [0, 0.1) is 5.92 Å². The molecule has 1 aliphatic rings. The number of anilines is 3. The zero-order valence-electron chi connectivity index (χ0n) is 12.0. The van der Waals surface area contributed by atoms with Gasteiger partial charge in [-0.25, -0.2) is 0 Å². The van der Waals surface area contributed by atoms with E-state index in [0.29, 0.717) is 5.95 Å². The predicted octanol–water partition coefficient (Wildman–Crippen LogP) is 3.61. The van der Waals surface area contributed by atoms with Gasteiger partial charge in [0.05, 0.1) is 6.20 Å². The maximum absolute atomic E-state index is 4.57. The van der Waals surface area contributed by atoms with Crippen molar-refractivity contribution in [1.82, 2.24) is 15.2 Å². The van der Waals surface area contributed by atoms with Crippen molar-refractivity contribution in [1.29, 1.82) is 0 Å². The van der Waals surface area contributed by atoms with Crippen LogP contribution in [-0.4, -0.2) is 28.3 Å². The molecule has 0 atom stereocenters. The fourth-order valence-corrected chi connectivity index (χ4v) is 2.81. The van der Waals surface area contributed by atoms with E-state index in [9.17, 15) is 0 Å². The molecule has 0 spiro atoms. The van der Waals surface area contributed by atoms with Crippen LogP contribution in [0.5, 0.6) is 0 Å². The molecule has 0 radical (unpaired) electrons. The summed E-state index contributed by atoms with van der Waals surface area (Å²) in [5, 5.41) is 11.5. The van der Waals surface area contributed by atoms with Crippen LogP contribution >= 0.6 is 15.9 Å². The molecule has 6 heteroatoms. The summed E-state index contributed by atoms with van der Waals surface area (Å²) in [6, 6.07) is 7.97. The van der Waals surface area contributed by atoms with Crippen LogP contribution in [0.2, 0.25) is 0 Å². The van der Waals surface area contributed by atoms with Crippen molar-refractivity contribution >= 4 is 33.4 Å². The number of rotatable bonds is 3. The first-order valence-electron chi connectivity index (χ1n) is 7.18. The largest absolute Gasteiger partial charge is 0.339 e. The lowest BCUT2D eigenvalue weighted by molar-refractivity contribution is 0.433. The third kappa shape index (κ3) is 3.69. The number of benzene rings is 1. The van der Waals surface area contributed by atoms with Crippen LogP contribution in [0.4, 0.5) is 17.5 Å². The molecule has 110 valence electrons. The minimum atomic E-state index is 0.710. The fourth-order valence-electron chi connectivity index (χ4n) is 2.41. The standard InChI is InChI=1S/C15H18BrN5/c1-11-5-7-21(8-6-11)15-19-14(10-17-20-15)18-13-4-2-3-12(16)9-13/h2-4,9-11H,5-8H2,1H3,(H,18,19,20). The van der Waals surface area contributed by atoms with Gasteiger partial charge in [-0.15, -0.1) is 5.10 Å². The summed E-state index contributed by atoms with van der Waals surface area (Å²) in [4.78, 5) is 6.78. The Bertz CT molecular complexity index is 611. The maximum atomic E-state index is 4.57. The summed E-state index contributed by atoms with van der Waals surface area (Å²) in [5.41, 5.74) is 0.975. The topological polar surface area (TPSA) is 53.9 Å². The highest BCUT2D eigenvalue weighted by Gasteiger charge is 2.18. The summed E-state index contributed by atoms with van der Waals surface area (Å²) in [5.74, 6) is 2.22. The highest BCUT2D eigenvalue weighted by molar-refractivity contribution is 9.10. The molecule has 1 fully saturated rings. The highest BCUT2D eigenvalue weighted by atomic mass is 79.9. The Hall–Kier alpha value is -1.69. The molecule has 1 aliphatic heterocycles. The van der Waals surface area contributed by atoms with E-state index in [1.807, 2.05) is 24.3 Å². The van der Waals surface area contributed by atoms with Crippen molar-refractivity contribution in [3.63, 3.8) is 0 Å². The van der Waals surface area contributed by atoms with Crippen LogP contribution < -0.4 is 10.2 Å². The van der Waals surface area contributed by atoms with E-state index in [-0.39, 0.29) is 0 Å². The lowest BCUT2D eigenvalue weighted by Gasteiger charge is -2.29. The first-order chi connectivity index (χ1) is 10.2. The molecule has 2 heterocycles. The number of hydrogen-bond donors (Lipinski definition) is 1. The first kappa shape index (κ1) is 14.3. The SMILES string of the molecule is CC1CCN(c2nncc(Nc3cccc(Br)c3)n2)CC1. The molecule has 0 bridgehead atoms. The number of hydrogen-bond acceptors (Lipinski definition) is 5. The molecule has 0 amide bonds. The van der Waals surface area contributed by atoms with Gasteiger partial charge in [0.15, 0.2) is 5.82 Å². The highest BCUT2D eigenvalue weighted by Crippen LogP contribution is 2.22. The van der Waals surface area contributed by atoms with E-state index in [1.54, 1.807) is 6.20 Å². The summed E-state index contributed by atoms with van der Waals surface area (Å²) < 4.78 is 1.03. The van der Waals surface area contributed by atoms with Gasteiger partial charge in [-0.05, 0) is 37.0 Å². The minimum absolute atomic E-state index is 0.710. The van der Waals surface area contributed by atoms with Crippen molar-refractivity contribution in [3.05, 3.63) is 34.9 Å². The van der Waals surface area contributed by atoms with Gasteiger partial charge in [0.1, 0.15) is 0 Å². The Kier molecular flexibility index (Phi) is 4.34. The smallest absolute Gasteiger partial charge is 0.247 e. The Labute approximate surface area is 132 Å². The molecular weight excluding hydrogens is 330 g/mol.